The van der Waals surface area contributed by atoms with Gasteiger partial charge in [-0.2, -0.15) is 0 Å². The Balaban J connectivity index is 1.81. The van der Waals surface area contributed by atoms with Crippen LogP contribution in [0.2, 0.25) is 0 Å². The molecule has 0 aliphatic carbocycles. The number of halogens is 1. The van der Waals surface area contributed by atoms with Crippen LogP contribution in [0.5, 0.6) is 0 Å². The third-order valence-electron chi connectivity index (χ3n) is 4.45. The van der Waals surface area contributed by atoms with E-state index in [1.165, 1.54) is 24.4 Å². The average molecular weight is 371 g/mol. The van der Waals surface area contributed by atoms with Crippen molar-refractivity contribution in [1.82, 2.24) is 9.97 Å². The highest BCUT2D eigenvalue weighted by Gasteiger charge is 2.18. The first-order chi connectivity index (χ1) is 13.5. The molecular formula is C22H14FN3O2. The standard InChI is InChI=1S/C22H14FN3O2/c23-18-7-5-13(15-3-1-2-4-16(15)22(24)28)11-17(18)21(27)14-6-8-19-20(12-14)26-10-9-25-19/h1-12H,(H2,24,28). The van der Waals surface area contributed by atoms with Gasteiger partial charge in [-0.3, -0.25) is 19.6 Å². The molecule has 0 fully saturated rings. The van der Waals surface area contributed by atoms with Crippen molar-refractivity contribution in [2.75, 3.05) is 0 Å². The Morgan fingerprint density at radius 1 is 0.821 bits per heavy atom. The van der Waals surface area contributed by atoms with E-state index in [9.17, 15) is 14.0 Å². The maximum atomic E-state index is 14.5. The molecule has 4 rings (SSSR count). The number of aromatic nitrogens is 2. The van der Waals surface area contributed by atoms with Crippen LogP contribution in [0.1, 0.15) is 26.3 Å². The molecule has 1 amide bonds. The molecule has 0 aliphatic heterocycles. The molecule has 5 nitrogen and oxygen atoms in total. The van der Waals surface area contributed by atoms with Crippen LogP contribution in [0.4, 0.5) is 4.39 Å². The molecule has 1 heterocycles. The summed E-state index contributed by atoms with van der Waals surface area (Å²) in [5.41, 5.74) is 8.18. The van der Waals surface area contributed by atoms with Crippen LogP contribution in [0, 0.1) is 5.82 Å². The third kappa shape index (κ3) is 3.12. The summed E-state index contributed by atoms with van der Waals surface area (Å²) in [7, 11) is 0. The Kier molecular flexibility index (Phi) is 4.37. The lowest BCUT2D eigenvalue weighted by atomic mass is 9.94. The van der Waals surface area contributed by atoms with E-state index in [0.29, 0.717) is 33.3 Å². The van der Waals surface area contributed by atoms with Crippen LogP contribution in [0.15, 0.2) is 73.1 Å². The topological polar surface area (TPSA) is 85.9 Å². The van der Waals surface area contributed by atoms with Gasteiger partial charge in [0.1, 0.15) is 5.82 Å². The molecule has 3 aromatic carbocycles. The molecule has 2 N–H and O–H groups in total. The second kappa shape index (κ2) is 7.00. The van der Waals surface area contributed by atoms with Crippen molar-refractivity contribution >= 4 is 22.7 Å². The van der Waals surface area contributed by atoms with Gasteiger partial charge in [0.25, 0.3) is 0 Å². The average Bonchev–Trinajstić information content (AvgIpc) is 2.73. The Bertz CT molecular complexity index is 1240. The van der Waals surface area contributed by atoms with Crippen molar-refractivity contribution < 1.29 is 14.0 Å². The van der Waals surface area contributed by atoms with Gasteiger partial charge in [-0.15, -0.1) is 0 Å². The summed E-state index contributed by atoms with van der Waals surface area (Å²) in [5, 5.41) is 0. The summed E-state index contributed by atoms with van der Waals surface area (Å²) in [5.74, 6) is -1.73. The number of rotatable bonds is 4. The first-order valence-corrected chi connectivity index (χ1v) is 8.49. The zero-order chi connectivity index (χ0) is 19.7. The minimum atomic E-state index is -0.649. The second-order valence-electron chi connectivity index (χ2n) is 6.19. The SMILES string of the molecule is NC(=O)c1ccccc1-c1ccc(F)c(C(=O)c2ccc3nccnc3c2)c1. The number of hydrogen-bond donors (Lipinski definition) is 1. The van der Waals surface area contributed by atoms with Crippen molar-refractivity contribution in [3.05, 3.63) is 95.6 Å². The van der Waals surface area contributed by atoms with Crippen molar-refractivity contribution in [2.24, 2.45) is 5.73 Å². The number of nitrogens with two attached hydrogens (primary N) is 1. The van der Waals surface area contributed by atoms with Crippen LogP contribution in [0.3, 0.4) is 0 Å². The number of amides is 1. The first-order valence-electron chi connectivity index (χ1n) is 8.49. The Labute approximate surface area is 159 Å². The lowest BCUT2D eigenvalue weighted by Gasteiger charge is -2.10. The summed E-state index contributed by atoms with van der Waals surface area (Å²) < 4.78 is 14.5. The Morgan fingerprint density at radius 2 is 1.57 bits per heavy atom. The fourth-order valence-electron chi connectivity index (χ4n) is 3.08. The van der Waals surface area contributed by atoms with E-state index in [2.05, 4.69) is 9.97 Å². The normalized spacial score (nSPS) is 10.8. The molecule has 1 aromatic heterocycles. The zero-order valence-electron chi connectivity index (χ0n) is 14.6. The minimum absolute atomic E-state index is 0.0972. The summed E-state index contributed by atoms with van der Waals surface area (Å²) in [6.07, 6.45) is 3.09. The molecule has 28 heavy (non-hydrogen) atoms. The van der Waals surface area contributed by atoms with Gasteiger partial charge < -0.3 is 5.73 Å². The van der Waals surface area contributed by atoms with Gasteiger partial charge >= 0.3 is 0 Å². The van der Waals surface area contributed by atoms with Gasteiger partial charge in [-0.25, -0.2) is 4.39 Å². The molecule has 0 saturated heterocycles. The molecular weight excluding hydrogens is 357 g/mol. The molecule has 0 spiro atoms. The van der Waals surface area contributed by atoms with Gasteiger partial charge in [0, 0.05) is 23.5 Å². The maximum Gasteiger partial charge on any atom is 0.249 e. The van der Waals surface area contributed by atoms with Gasteiger partial charge in [0.05, 0.1) is 16.6 Å². The number of nitrogens with zero attached hydrogens (tertiary/aromatic N) is 2. The monoisotopic (exact) mass is 371 g/mol. The summed E-state index contributed by atoms with van der Waals surface area (Å²) in [6, 6.07) is 15.7. The fraction of sp³-hybridized carbons (Fsp3) is 0. The van der Waals surface area contributed by atoms with Crippen LogP contribution in [-0.4, -0.2) is 21.7 Å². The highest BCUT2D eigenvalue weighted by Crippen LogP contribution is 2.27. The number of benzene rings is 3. The smallest absolute Gasteiger partial charge is 0.249 e. The number of carbonyl (C=O) groups excluding carboxylic acids is 2. The fourth-order valence-corrected chi connectivity index (χ4v) is 3.08. The van der Waals surface area contributed by atoms with Gasteiger partial charge in [-0.1, -0.05) is 24.3 Å². The quantitative estimate of drug-likeness (QED) is 0.553. The highest BCUT2D eigenvalue weighted by molar-refractivity contribution is 6.11. The van der Waals surface area contributed by atoms with Crippen LogP contribution < -0.4 is 5.73 Å². The predicted molar refractivity (Wildman–Crippen MR) is 103 cm³/mol. The molecule has 0 aliphatic rings. The number of fused-ring (bicyclic) bond motifs is 1. The number of primary amides is 1. The van der Waals surface area contributed by atoms with E-state index in [0.717, 1.165) is 0 Å². The highest BCUT2D eigenvalue weighted by atomic mass is 19.1. The van der Waals surface area contributed by atoms with Gasteiger partial charge in [0.15, 0.2) is 5.78 Å². The summed E-state index contributed by atoms with van der Waals surface area (Å²) in [6.45, 7) is 0. The molecule has 0 unspecified atom stereocenters. The molecule has 6 heteroatoms. The van der Waals surface area contributed by atoms with E-state index in [1.807, 2.05) is 0 Å². The van der Waals surface area contributed by atoms with E-state index < -0.39 is 17.5 Å². The molecule has 4 aromatic rings. The van der Waals surface area contributed by atoms with E-state index in [4.69, 9.17) is 5.73 Å². The Hall–Kier alpha value is -3.93. The van der Waals surface area contributed by atoms with E-state index in [-0.39, 0.29) is 5.56 Å². The van der Waals surface area contributed by atoms with Crippen molar-refractivity contribution in [1.29, 1.82) is 0 Å². The lowest BCUT2D eigenvalue weighted by Crippen LogP contribution is -2.12. The van der Waals surface area contributed by atoms with Gasteiger partial charge in [0.2, 0.25) is 5.91 Å². The molecule has 136 valence electrons. The molecule has 0 radical (unpaired) electrons. The van der Waals surface area contributed by atoms with Crippen molar-refractivity contribution in [3.8, 4) is 11.1 Å². The van der Waals surface area contributed by atoms with Crippen molar-refractivity contribution in [2.45, 2.75) is 0 Å². The maximum absolute atomic E-state index is 14.5. The Morgan fingerprint density at radius 3 is 2.36 bits per heavy atom. The van der Waals surface area contributed by atoms with E-state index in [1.54, 1.807) is 48.7 Å². The second-order valence-corrected chi connectivity index (χ2v) is 6.19. The molecule has 0 bridgehead atoms. The van der Waals surface area contributed by atoms with E-state index >= 15 is 0 Å². The molecule has 0 saturated carbocycles. The van der Waals surface area contributed by atoms with Crippen LogP contribution in [-0.2, 0) is 0 Å². The zero-order valence-corrected chi connectivity index (χ0v) is 14.6. The van der Waals surface area contributed by atoms with Crippen molar-refractivity contribution in [3.63, 3.8) is 0 Å². The summed E-state index contributed by atoms with van der Waals surface area (Å²) in [4.78, 5) is 33.0. The molecule has 0 atom stereocenters. The third-order valence-corrected chi connectivity index (χ3v) is 4.45. The van der Waals surface area contributed by atoms with Crippen LogP contribution in [0.25, 0.3) is 22.2 Å². The first kappa shape index (κ1) is 17.5. The minimum Gasteiger partial charge on any atom is -0.366 e. The van der Waals surface area contributed by atoms with Gasteiger partial charge in [-0.05, 0) is 47.5 Å². The predicted octanol–water partition coefficient (Wildman–Crippen LogP) is 3.77. The largest absolute Gasteiger partial charge is 0.366 e. The van der Waals surface area contributed by atoms with Crippen LogP contribution >= 0.6 is 0 Å². The number of hydrogen-bond acceptors (Lipinski definition) is 4. The number of ketones is 1. The number of carbonyl (C=O) groups is 2. The summed E-state index contributed by atoms with van der Waals surface area (Å²) >= 11 is 0. The lowest BCUT2D eigenvalue weighted by molar-refractivity contribution is 0.0999.